The maximum absolute atomic E-state index is 13.4. The van der Waals surface area contributed by atoms with Crippen molar-refractivity contribution in [3.8, 4) is 5.75 Å². The van der Waals surface area contributed by atoms with Gasteiger partial charge in [-0.05, 0) is 31.2 Å². The molecule has 2 aromatic rings. The number of anilines is 1. The summed E-state index contributed by atoms with van der Waals surface area (Å²) in [5.74, 6) is -0.881. The molecule has 0 saturated carbocycles. The van der Waals surface area contributed by atoms with E-state index in [0.717, 1.165) is 6.26 Å². The summed E-state index contributed by atoms with van der Waals surface area (Å²) in [7, 11) is -2.02. The van der Waals surface area contributed by atoms with Gasteiger partial charge in [0.2, 0.25) is 10.0 Å². The highest BCUT2D eigenvalue weighted by Gasteiger charge is 2.35. The lowest BCUT2D eigenvalue weighted by Crippen LogP contribution is -2.50. The number of nitrogens with zero attached hydrogens (tertiary/aromatic N) is 3. The van der Waals surface area contributed by atoms with Gasteiger partial charge in [0.1, 0.15) is 6.10 Å². The zero-order valence-electron chi connectivity index (χ0n) is 19.6. The molecule has 34 heavy (non-hydrogen) atoms. The Morgan fingerprint density at radius 3 is 2.62 bits per heavy atom. The van der Waals surface area contributed by atoms with E-state index in [-0.39, 0.29) is 48.5 Å². The Labute approximate surface area is 199 Å². The summed E-state index contributed by atoms with van der Waals surface area (Å²) in [5.41, 5.74) is 0.874. The molecule has 0 unspecified atom stereocenters. The number of pyridine rings is 1. The molecule has 1 aromatic carbocycles. The number of carbonyl (C=O) groups is 2. The van der Waals surface area contributed by atoms with E-state index in [1.807, 2.05) is 6.92 Å². The van der Waals surface area contributed by atoms with Gasteiger partial charge < -0.3 is 20.1 Å². The topological polar surface area (TPSA) is 129 Å². The van der Waals surface area contributed by atoms with Crippen LogP contribution in [0.2, 0.25) is 0 Å². The quantitative estimate of drug-likeness (QED) is 0.601. The van der Waals surface area contributed by atoms with Crippen molar-refractivity contribution in [1.29, 1.82) is 0 Å². The van der Waals surface area contributed by atoms with Gasteiger partial charge in [-0.3, -0.25) is 14.6 Å². The summed E-state index contributed by atoms with van der Waals surface area (Å²) >= 11 is 0. The molecule has 184 valence electrons. The van der Waals surface area contributed by atoms with Crippen LogP contribution in [0.4, 0.5) is 5.69 Å². The van der Waals surface area contributed by atoms with Gasteiger partial charge in [0.25, 0.3) is 11.8 Å². The molecular weight excluding hydrogens is 460 g/mol. The number of likely N-dealkylation sites (N-methyl/N-ethyl adjacent to an activating group) is 1. The molecule has 0 spiro atoms. The van der Waals surface area contributed by atoms with Crippen molar-refractivity contribution in [1.82, 2.24) is 14.2 Å². The van der Waals surface area contributed by atoms with Gasteiger partial charge in [-0.15, -0.1) is 0 Å². The third kappa shape index (κ3) is 5.72. The molecule has 3 rings (SSSR count). The van der Waals surface area contributed by atoms with Crippen molar-refractivity contribution in [3.05, 3.63) is 53.9 Å². The van der Waals surface area contributed by atoms with Gasteiger partial charge >= 0.3 is 0 Å². The first kappa shape index (κ1) is 25.6. The number of nitrogens with one attached hydrogen (secondary N) is 1. The second kappa shape index (κ2) is 10.5. The number of rotatable bonds is 7. The predicted molar refractivity (Wildman–Crippen MR) is 127 cm³/mol. The van der Waals surface area contributed by atoms with Crippen LogP contribution in [0.5, 0.6) is 5.75 Å². The van der Waals surface area contributed by atoms with E-state index in [9.17, 15) is 23.1 Å². The molecule has 0 fully saturated rings. The van der Waals surface area contributed by atoms with E-state index < -0.39 is 28.1 Å². The Kier molecular flexibility index (Phi) is 7.90. The minimum Gasteiger partial charge on any atom is -0.486 e. The summed E-state index contributed by atoms with van der Waals surface area (Å²) < 4.78 is 31.6. The summed E-state index contributed by atoms with van der Waals surface area (Å²) in [6.07, 6.45) is 3.48. The second-order valence-electron chi connectivity index (χ2n) is 8.54. The van der Waals surface area contributed by atoms with Gasteiger partial charge in [-0.1, -0.05) is 13.0 Å². The molecule has 0 saturated heterocycles. The zero-order valence-corrected chi connectivity index (χ0v) is 20.4. The SMILES string of the molecule is C[C@H]1CN([C@@H](C)CO)C(=O)c2cccc(NC(=O)c3ccncc3)c2O[C@@H]1CN(C)S(C)(=O)=O. The number of aromatic nitrogens is 1. The minimum atomic E-state index is -3.48. The first-order chi connectivity index (χ1) is 16.0. The highest BCUT2D eigenvalue weighted by atomic mass is 32.2. The van der Waals surface area contributed by atoms with Crippen molar-refractivity contribution in [2.45, 2.75) is 26.0 Å². The fourth-order valence-corrected chi connectivity index (χ4v) is 4.06. The molecule has 0 bridgehead atoms. The van der Waals surface area contributed by atoms with Crippen LogP contribution in [0.1, 0.15) is 34.6 Å². The average molecular weight is 491 g/mol. The molecule has 0 aliphatic carbocycles. The fourth-order valence-electron chi connectivity index (χ4n) is 3.65. The number of aliphatic hydroxyl groups excluding tert-OH is 1. The van der Waals surface area contributed by atoms with E-state index in [0.29, 0.717) is 5.56 Å². The summed E-state index contributed by atoms with van der Waals surface area (Å²) in [4.78, 5) is 31.7. The van der Waals surface area contributed by atoms with Crippen molar-refractivity contribution in [2.24, 2.45) is 5.92 Å². The third-order valence-corrected chi connectivity index (χ3v) is 7.17. The normalized spacial score (nSPS) is 19.6. The first-order valence-electron chi connectivity index (χ1n) is 10.9. The Morgan fingerprint density at radius 2 is 2.00 bits per heavy atom. The van der Waals surface area contributed by atoms with Gasteiger partial charge in [0.05, 0.1) is 36.7 Å². The second-order valence-corrected chi connectivity index (χ2v) is 10.6. The summed E-state index contributed by atoms with van der Waals surface area (Å²) in [6.45, 7) is 3.66. The van der Waals surface area contributed by atoms with E-state index in [1.54, 1.807) is 42.2 Å². The van der Waals surface area contributed by atoms with Gasteiger partial charge in [0.15, 0.2) is 5.75 Å². The lowest BCUT2D eigenvalue weighted by atomic mass is 9.99. The first-order valence-corrected chi connectivity index (χ1v) is 12.7. The molecule has 1 aliphatic heterocycles. The highest BCUT2D eigenvalue weighted by molar-refractivity contribution is 7.88. The molecule has 11 heteroatoms. The average Bonchev–Trinajstić information content (AvgIpc) is 2.81. The number of hydrogen-bond acceptors (Lipinski definition) is 7. The van der Waals surface area contributed by atoms with Crippen LogP contribution in [-0.2, 0) is 10.0 Å². The van der Waals surface area contributed by atoms with Crippen molar-refractivity contribution in [2.75, 3.05) is 38.3 Å². The van der Waals surface area contributed by atoms with E-state index in [4.69, 9.17) is 4.74 Å². The van der Waals surface area contributed by atoms with Crippen LogP contribution < -0.4 is 10.1 Å². The molecule has 1 aliphatic rings. The van der Waals surface area contributed by atoms with Gasteiger partial charge in [0, 0.05) is 37.5 Å². The molecule has 1 aromatic heterocycles. The van der Waals surface area contributed by atoms with Crippen molar-refractivity contribution < 1.29 is 27.9 Å². The maximum atomic E-state index is 13.4. The van der Waals surface area contributed by atoms with Crippen LogP contribution in [0.25, 0.3) is 0 Å². The van der Waals surface area contributed by atoms with E-state index in [2.05, 4.69) is 10.3 Å². The van der Waals surface area contributed by atoms with Crippen LogP contribution in [0.3, 0.4) is 0 Å². The third-order valence-electron chi connectivity index (χ3n) is 5.89. The number of carbonyl (C=O) groups excluding carboxylic acids is 2. The minimum absolute atomic E-state index is 0.0433. The maximum Gasteiger partial charge on any atom is 0.258 e. The Bertz CT molecular complexity index is 1140. The molecule has 3 atom stereocenters. The Hall–Kier alpha value is -3.02. The molecule has 10 nitrogen and oxygen atoms in total. The number of ether oxygens (including phenoxy) is 1. The molecule has 2 N–H and O–H groups in total. The molecular formula is C23H30N4O6S. The van der Waals surface area contributed by atoms with Gasteiger partial charge in [-0.25, -0.2) is 12.7 Å². The Balaban J connectivity index is 2.06. The number of hydrogen-bond donors (Lipinski definition) is 2. The summed E-state index contributed by atoms with van der Waals surface area (Å²) in [5, 5.41) is 12.5. The van der Waals surface area contributed by atoms with Crippen molar-refractivity contribution >= 4 is 27.5 Å². The lowest BCUT2D eigenvalue weighted by Gasteiger charge is -2.38. The van der Waals surface area contributed by atoms with Crippen molar-refractivity contribution in [3.63, 3.8) is 0 Å². The van der Waals surface area contributed by atoms with Crippen LogP contribution in [0, 0.1) is 5.92 Å². The smallest absolute Gasteiger partial charge is 0.258 e. The lowest BCUT2D eigenvalue weighted by molar-refractivity contribution is 0.0389. The van der Waals surface area contributed by atoms with Gasteiger partial charge in [-0.2, -0.15) is 0 Å². The number of fused-ring (bicyclic) bond motifs is 1. The van der Waals surface area contributed by atoms with E-state index >= 15 is 0 Å². The number of aliphatic hydroxyl groups is 1. The molecule has 2 heterocycles. The van der Waals surface area contributed by atoms with Crippen LogP contribution >= 0.6 is 0 Å². The van der Waals surface area contributed by atoms with E-state index in [1.165, 1.54) is 23.7 Å². The monoisotopic (exact) mass is 490 g/mol. The largest absolute Gasteiger partial charge is 0.486 e. The fraction of sp³-hybridized carbons (Fsp3) is 0.435. The number of benzene rings is 1. The number of amides is 2. The van der Waals surface area contributed by atoms with Crippen LogP contribution in [-0.4, -0.2) is 84.7 Å². The predicted octanol–water partition coefficient (Wildman–Crippen LogP) is 1.45. The number of para-hydroxylation sites is 1. The Morgan fingerprint density at radius 1 is 1.32 bits per heavy atom. The number of sulfonamides is 1. The molecule has 0 radical (unpaired) electrons. The standard InChI is InChI=1S/C23H30N4O6S/c1-15-12-27(16(2)14-28)23(30)18-6-5-7-19(25-22(29)17-8-10-24-11-9-17)21(18)33-20(15)13-26(3)34(4,31)32/h5-11,15-16,20,28H,12-14H2,1-4H3,(H,25,29)/t15-,16-,20+/m0/s1. The molecule has 2 amide bonds. The zero-order chi connectivity index (χ0) is 25.0. The van der Waals surface area contributed by atoms with Crippen LogP contribution in [0.15, 0.2) is 42.7 Å². The summed E-state index contributed by atoms with van der Waals surface area (Å²) in [6, 6.07) is 7.49. The highest BCUT2D eigenvalue weighted by Crippen LogP contribution is 2.35.